The number of hydrogen-bond donors (Lipinski definition) is 8. The largest absolute Gasteiger partial charge is 0.508 e. The zero-order chi connectivity index (χ0) is 29.7. The van der Waals surface area contributed by atoms with Crippen LogP contribution in [0.15, 0.2) is 45.6 Å². The fraction of sp³-hybridized carbons (Fsp3) is 0.444. The van der Waals surface area contributed by atoms with Crippen molar-refractivity contribution >= 4 is 11.0 Å². The molecule has 41 heavy (non-hydrogen) atoms. The number of aliphatic hydroxyl groups excluding tert-OH is 6. The van der Waals surface area contributed by atoms with Crippen molar-refractivity contribution in [2.45, 2.75) is 75.3 Å². The third kappa shape index (κ3) is 5.31. The first kappa shape index (κ1) is 29.0. The number of fused-ring (bicyclic) bond motifs is 1. The van der Waals surface area contributed by atoms with Crippen LogP contribution in [-0.4, -0.2) is 102 Å². The van der Waals surface area contributed by atoms with Crippen LogP contribution >= 0.6 is 0 Å². The smallest absolute Gasteiger partial charge is 0.239 e. The molecule has 8 N–H and O–H groups in total. The minimum atomic E-state index is -1.76. The third-order valence-corrected chi connectivity index (χ3v) is 7.14. The molecule has 2 aliphatic rings. The van der Waals surface area contributed by atoms with Crippen LogP contribution in [-0.2, 0) is 9.47 Å². The molecule has 0 bridgehead atoms. The molecule has 0 saturated carbocycles. The summed E-state index contributed by atoms with van der Waals surface area (Å²) in [4.78, 5) is 13.7. The normalized spacial score (nSPS) is 34.0. The fourth-order valence-electron chi connectivity index (χ4n) is 4.71. The average Bonchev–Trinajstić information content (AvgIpc) is 2.93. The number of phenolic OH excluding ortho intramolecular Hbond substituents is 2. The molecular formula is C27H30O14. The van der Waals surface area contributed by atoms with Gasteiger partial charge in [0.25, 0.3) is 0 Å². The Morgan fingerprint density at radius 1 is 0.707 bits per heavy atom. The summed E-state index contributed by atoms with van der Waals surface area (Å²) in [6, 6.07) is 7.71. The van der Waals surface area contributed by atoms with E-state index in [9.17, 15) is 45.6 Å². The molecule has 0 aliphatic carbocycles. The van der Waals surface area contributed by atoms with Gasteiger partial charge in [0, 0.05) is 17.7 Å². The van der Waals surface area contributed by atoms with E-state index in [0.717, 1.165) is 6.07 Å². The summed E-state index contributed by atoms with van der Waals surface area (Å²) in [6.45, 7) is 2.90. The van der Waals surface area contributed by atoms with Crippen molar-refractivity contribution in [1.82, 2.24) is 0 Å². The molecule has 222 valence electrons. The zero-order valence-electron chi connectivity index (χ0n) is 21.8. The van der Waals surface area contributed by atoms with Crippen molar-refractivity contribution in [2.24, 2.45) is 0 Å². The molecule has 1 aromatic heterocycles. The molecule has 0 unspecified atom stereocenters. The maximum absolute atomic E-state index is 13.7. The summed E-state index contributed by atoms with van der Waals surface area (Å²) in [5.74, 6) is -1.55. The van der Waals surface area contributed by atoms with Gasteiger partial charge in [0.15, 0.2) is 5.76 Å². The van der Waals surface area contributed by atoms with Gasteiger partial charge in [0.2, 0.25) is 23.8 Å². The van der Waals surface area contributed by atoms with Gasteiger partial charge in [0.05, 0.1) is 12.2 Å². The van der Waals surface area contributed by atoms with Crippen LogP contribution in [0.2, 0.25) is 0 Å². The molecule has 3 heterocycles. The Labute approximate surface area is 231 Å². The van der Waals surface area contributed by atoms with E-state index in [-0.39, 0.29) is 33.8 Å². The van der Waals surface area contributed by atoms with Gasteiger partial charge < -0.3 is 64.2 Å². The molecule has 0 radical (unpaired) electrons. The van der Waals surface area contributed by atoms with E-state index >= 15 is 0 Å². The lowest BCUT2D eigenvalue weighted by atomic mass is 10.00. The monoisotopic (exact) mass is 578 g/mol. The highest BCUT2D eigenvalue weighted by Crippen LogP contribution is 2.38. The van der Waals surface area contributed by atoms with Crippen LogP contribution in [0.3, 0.4) is 0 Å². The SMILES string of the molecule is C[C@H]1O[C@H](Oc2cc(O)c3c(=O)c(O[C@H]4O[C@H](C)[C@@H](O)[C@H](O)[C@@H]4O)c(-c4ccc(O)cc4)oc3c2)[C@@H](O)[C@@H](O)[C@@H]1O. The minimum absolute atomic E-state index is 0.0859. The third-order valence-electron chi connectivity index (χ3n) is 7.14. The number of aliphatic hydroxyl groups is 6. The Bertz CT molecular complexity index is 1460. The fourth-order valence-corrected chi connectivity index (χ4v) is 4.71. The molecule has 0 spiro atoms. The van der Waals surface area contributed by atoms with Crippen LogP contribution in [0.1, 0.15) is 13.8 Å². The van der Waals surface area contributed by atoms with Gasteiger partial charge in [-0.15, -0.1) is 0 Å². The van der Waals surface area contributed by atoms with E-state index in [2.05, 4.69) is 0 Å². The van der Waals surface area contributed by atoms with Gasteiger partial charge in [0.1, 0.15) is 64.8 Å². The highest BCUT2D eigenvalue weighted by atomic mass is 16.7. The van der Waals surface area contributed by atoms with Crippen molar-refractivity contribution < 1.29 is 64.2 Å². The topological polar surface area (TPSA) is 229 Å². The van der Waals surface area contributed by atoms with Crippen LogP contribution < -0.4 is 14.9 Å². The van der Waals surface area contributed by atoms with Crippen LogP contribution in [0.5, 0.6) is 23.0 Å². The number of aromatic hydroxyl groups is 2. The number of rotatable bonds is 5. The number of hydrogen-bond acceptors (Lipinski definition) is 14. The summed E-state index contributed by atoms with van der Waals surface area (Å²) in [5.41, 5.74) is -0.865. The molecule has 10 atom stereocenters. The van der Waals surface area contributed by atoms with Crippen molar-refractivity contribution in [1.29, 1.82) is 0 Å². The molecule has 3 aromatic rings. The molecule has 2 aromatic carbocycles. The van der Waals surface area contributed by atoms with Gasteiger partial charge in [-0.2, -0.15) is 0 Å². The molecule has 2 aliphatic heterocycles. The summed E-state index contributed by atoms with van der Waals surface area (Å²) in [6.07, 6.45) is -14.3. The standard InChI is InChI=1S/C27H30O14/c1-9-17(30)20(33)22(35)26(37-9)39-13-7-14(29)16-15(8-13)40-24(11-3-5-12(28)6-4-11)25(19(16)32)41-27-23(36)21(34)18(31)10(2)38-27/h3-10,17-18,20-23,26-31,33-36H,1-2H3/t9-,10-,17-,18-,20+,21+,22+,23+,26-,27-/m1/s1. The second-order valence-corrected chi connectivity index (χ2v) is 10.1. The van der Waals surface area contributed by atoms with Crippen molar-refractivity contribution in [2.75, 3.05) is 0 Å². The lowest BCUT2D eigenvalue weighted by Crippen LogP contribution is -2.58. The number of phenols is 2. The van der Waals surface area contributed by atoms with E-state index in [4.69, 9.17) is 23.4 Å². The molecule has 5 rings (SSSR count). The molecule has 2 fully saturated rings. The maximum Gasteiger partial charge on any atom is 0.239 e. The summed E-state index contributed by atoms with van der Waals surface area (Å²) in [7, 11) is 0. The zero-order valence-corrected chi connectivity index (χ0v) is 21.8. The summed E-state index contributed by atoms with van der Waals surface area (Å²) in [5, 5.41) is 81.1. The molecule has 2 saturated heterocycles. The highest BCUT2D eigenvalue weighted by molar-refractivity contribution is 5.88. The van der Waals surface area contributed by atoms with E-state index in [1.165, 1.54) is 44.2 Å². The van der Waals surface area contributed by atoms with Gasteiger partial charge >= 0.3 is 0 Å². The predicted molar refractivity (Wildman–Crippen MR) is 137 cm³/mol. The van der Waals surface area contributed by atoms with Gasteiger partial charge in [-0.25, -0.2) is 0 Å². The first-order valence-corrected chi connectivity index (χ1v) is 12.7. The second kappa shape index (κ2) is 11.1. The lowest BCUT2D eigenvalue weighted by molar-refractivity contribution is -0.268. The Kier molecular flexibility index (Phi) is 7.84. The number of ether oxygens (including phenoxy) is 4. The van der Waals surface area contributed by atoms with Crippen LogP contribution in [0.25, 0.3) is 22.3 Å². The molecule has 14 heteroatoms. The average molecular weight is 579 g/mol. The van der Waals surface area contributed by atoms with E-state index < -0.39 is 78.3 Å². The quantitative estimate of drug-likeness (QED) is 0.187. The summed E-state index contributed by atoms with van der Waals surface area (Å²) >= 11 is 0. The Balaban J connectivity index is 1.58. The maximum atomic E-state index is 13.7. The van der Waals surface area contributed by atoms with E-state index in [1.807, 2.05) is 0 Å². The van der Waals surface area contributed by atoms with Crippen LogP contribution in [0.4, 0.5) is 0 Å². The lowest BCUT2D eigenvalue weighted by Gasteiger charge is -2.39. The first-order valence-electron chi connectivity index (χ1n) is 12.7. The Hall–Kier alpha value is -3.47. The van der Waals surface area contributed by atoms with E-state index in [1.54, 1.807) is 0 Å². The van der Waals surface area contributed by atoms with Crippen molar-refractivity contribution in [3.8, 4) is 34.3 Å². The molecule has 0 amide bonds. The summed E-state index contributed by atoms with van der Waals surface area (Å²) < 4.78 is 28.2. The van der Waals surface area contributed by atoms with Crippen molar-refractivity contribution in [3.63, 3.8) is 0 Å². The molecular weight excluding hydrogens is 548 g/mol. The predicted octanol–water partition coefficient (Wildman–Crippen LogP) is -0.716. The van der Waals surface area contributed by atoms with Gasteiger partial charge in [-0.1, -0.05) is 0 Å². The van der Waals surface area contributed by atoms with Crippen molar-refractivity contribution in [3.05, 3.63) is 46.6 Å². The Morgan fingerprint density at radius 3 is 1.80 bits per heavy atom. The highest BCUT2D eigenvalue weighted by Gasteiger charge is 2.45. The Morgan fingerprint density at radius 2 is 1.24 bits per heavy atom. The van der Waals surface area contributed by atoms with E-state index in [0.29, 0.717) is 0 Å². The van der Waals surface area contributed by atoms with Crippen LogP contribution in [0, 0.1) is 0 Å². The second-order valence-electron chi connectivity index (χ2n) is 10.1. The first-order chi connectivity index (χ1) is 19.4. The number of benzene rings is 2. The minimum Gasteiger partial charge on any atom is -0.508 e. The van der Waals surface area contributed by atoms with Gasteiger partial charge in [-0.05, 0) is 38.1 Å². The molecule has 14 nitrogen and oxygen atoms in total. The van der Waals surface area contributed by atoms with Gasteiger partial charge in [-0.3, -0.25) is 4.79 Å².